The largest absolute Gasteiger partial charge is 0.461 e. The van der Waals surface area contributed by atoms with Gasteiger partial charge in [-0.25, -0.2) is 9.59 Å². The number of thioether (sulfide) groups is 1. The first-order chi connectivity index (χ1) is 51.3. The average Bonchev–Trinajstić information content (AvgIpc) is 0.697. The summed E-state index contributed by atoms with van der Waals surface area (Å²) in [5.74, 6) is -8.98. The van der Waals surface area contributed by atoms with Crippen LogP contribution in [0.3, 0.4) is 0 Å². The van der Waals surface area contributed by atoms with E-state index in [1.165, 1.54) is 45.4 Å². The fourth-order valence-electron chi connectivity index (χ4n) is 19.0. The number of fused-ring (bicyclic) bond motifs is 6. The molecule has 7 aliphatic carbocycles. The number of nitrogens with zero attached hydrogens (tertiary/aromatic N) is 1. The van der Waals surface area contributed by atoms with Crippen LogP contribution in [0.25, 0.3) is 0 Å². The Kier molecular flexibility index (Phi) is 23.4. The van der Waals surface area contributed by atoms with Gasteiger partial charge in [-0.1, -0.05) is 131 Å². The number of ketones is 1. The molecule has 9 aliphatic rings. The number of carbonyl (C=O) groups is 10. The minimum atomic E-state index is -2.58. The van der Waals surface area contributed by atoms with Gasteiger partial charge >= 0.3 is 35.8 Å². The first-order valence-corrected chi connectivity index (χ1v) is 38.9. The van der Waals surface area contributed by atoms with E-state index in [-0.39, 0.29) is 71.8 Å². The molecule has 5 N–H and O–H groups in total. The van der Waals surface area contributed by atoms with Gasteiger partial charge in [-0.15, -0.1) is 11.8 Å². The minimum Gasteiger partial charge on any atom is -0.461 e. The van der Waals surface area contributed by atoms with Crippen LogP contribution < -0.4 is 5.32 Å². The number of hydrogen-bond acceptors (Lipinski definition) is 22. The zero-order valence-corrected chi connectivity index (χ0v) is 63.3. The topological polar surface area (TPSA) is 331 Å². The lowest BCUT2D eigenvalue weighted by molar-refractivity contribution is -0.346. The Morgan fingerprint density at radius 3 is 2.12 bits per heavy atom. The summed E-state index contributed by atoms with van der Waals surface area (Å²) >= 11 is 0.946. The minimum absolute atomic E-state index is 0.0192. The van der Waals surface area contributed by atoms with E-state index in [0.29, 0.717) is 41.2 Å². The van der Waals surface area contributed by atoms with E-state index in [4.69, 9.17) is 33.2 Å². The second kappa shape index (κ2) is 31.9. The highest BCUT2D eigenvalue weighted by molar-refractivity contribution is 8.01. The molecule has 2 bridgehead atoms. The van der Waals surface area contributed by atoms with Crippen LogP contribution in [0, 0.1) is 45.8 Å². The van der Waals surface area contributed by atoms with Crippen molar-refractivity contribution >= 4 is 71.1 Å². The molecule has 2 aliphatic heterocycles. The molecule has 12 rings (SSSR count). The Hall–Kier alpha value is -8.39. The van der Waals surface area contributed by atoms with E-state index in [1.807, 2.05) is 12.2 Å². The quantitative estimate of drug-likeness (QED) is 0.0241. The van der Waals surface area contributed by atoms with Crippen molar-refractivity contribution in [3.63, 3.8) is 0 Å². The molecule has 23 nitrogen and oxygen atoms in total. The summed E-state index contributed by atoms with van der Waals surface area (Å²) in [6.07, 6.45) is 1.86. The van der Waals surface area contributed by atoms with E-state index in [0.717, 1.165) is 81.0 Å². The van der Waals surface area contributed by atoms with Crippen LogP contribution >= 0.6 is 11.8 Å². The number of hydrogen-bond donors (Lipinski definition) is 5. The summed E-state index contributed by atoms with van der Waals surface area (Å²) in [7, 11) is 0. The molecule has 24 heteroatoms. The maximum Gasteiger partial charge on any atom is 0.338 e. The number of amides is 3. The van der Waals surface area contributed by atoms with Crippen molar-refractivity contribution < 1.29 is 102 Å². The molecule has 14 unspecified atom stereocenters. The Morgan fingerprint density at radius 1 is 0.796 bits per heavy atom. The van der Waals surface area contributed by atoms with Crippen LogP contribution in [-0.2, 0) is 71.5 Å². The van der Waals surface area contributed by atoms with Crippen LogP contribution in [0.4, 0.5) is 0 Å². The van der Waals surface area contributed by atoms with E-state index < -0.39 is 167 Å². The number of nitrogens with one attached hydrogen (secondary N) is 1. The molecule has 108 heavy (non-hydrogen) atoms. The van der Waals surface area contributed by atoms with Crippen molar-refractivity contribution in [3.8, 4) is 0 Å². The molecule has 3 aromatic rings. The summed E-state index contributed by atoms with van der Waals surface area (Å²) in [6, 6.07) is 22.5. The number of aliphatic hydroxyl groups excluding tert-OH is 3. The van der Waals surface area contributed by atoms with Crippen LogP contribution in [-0.4, -0.2) is 175 Å². The third-order valence-electron chi connectivity index (χ3n) is 25.0. The molecule has 2 heterocycles. The number of allylic oxidation sites excluding steroid dienone is 4. The number of aliphatic hydroxyl groups is 4. The van der Waals surface area contributed by atoms with Gasteiger partial charge in [0, 0.05) is 69.9 Å². The van der Waals surface area contributed by atoms with Gasteiger partial charge in [-0.05, 0) is 146 Å². The predicted octanol–water partition coefficient (Wildman–Crippen LogP) is 9.58. The fourth-order valence-corrected chi connectivity index (χ4v) is 20.0. The number of ether oxygens (including phenoxy) is 7. The zero-order valence-electron chi connectivity index (χ0n) is 62.5. The van der Waals surface area contributed by atoms with Crippen molar-refractivity contribution in [2.45, 2.75) is 223 Å². The average molecular weight is 1510 g/mol. The number of Topliss-reactive ketones (excluding diaryl/α,β-unsaturated/α-hetero) is 1. The second-order valence-electron chi connectivity index (χ2n) is 32.0. The SMILES string of the molecule is C=C1/C(=C\C=C2/CCC[C@@]3(C)C2CCC3[C@@H](C)/C=C/C(O)C2CC2)C[C@@H](OC(=O)CSC2CC(=O)N(CCCC(=O)OC3CC4OCC4(OC(C)=O)[C@H]4C(OC(=O)c5ccccc5)C5(O)CC(OC(=O)C(O)C(NC(=O)c6ccccc6)c6ccccc6)C(C)=C(C(OC(C)=O)C(=O)C34C)C5(C)C)C2=O)C[C@@H]1O. The van der Waals surface area contributed by atoms with Gasteiger partial charge in [0.25, 0.3) is 5.91 Å². The number of imide groups is 1. The lowest BCUT2D eigenvalue weighted by Crippen LogP contribution is -2.82. The molecule has 0 radical (unpaired) electrons. The number of esters is 6. The first kappa shape index (κ1) is 79.2. The molecular weight excluding hydrogens is 1400 g/mol. The van der Waals surface area contributed by atoms with Crippen LogP contribution in [0.15, 0.2) is 150 Å². The molecule has 2 saturated heterocycles. The summed E-state index contributed by atoms with van der Waals surface area (Å²) in [5, 5.41) is 49.9. The highest BCUT2D eigenvalue weighted by Crippen LogP contribution is 2.66. The third kappa shape index (κ3) is 15.5. The summed E-state index contributed by atoms with van der Waals surface area (Å²) in [6.45, 7) is 16.2. The Morgan fingerprint density at radius 2 is 1.47 bits per heavy atom. The number of benzene rings is 3. The monoisotopic (exact) mass is 1500 g/mol. The molecule has 3 aromatic carbocycles. The molecule has 19 atom stereocenters. The Labute approximate surface area is 633 Å². The van der Waals surface area contributed by atoms with E-state index in [1.54, 1.807) is 78.9 Å². The van der Waals surface area contributed by atoms with Gasteiger partial charge in [0.15, 0.2) is 23.6 Å². The molecule has 8 fully saturated rings. The maximum absolute atomic E-state index is 16.6. The maximum atomic E-state index is 16.6. The van der Waals surface area contributed by atoms with Crippen LogP contribution in [0.2, 0.25) is 0 Å². The summed E-state index contributed by atoms with van der Waals surface area (Å²) < 4.78 is 43.8. The van der Waals surface area contributed by atoms with E-state index in [2.05, 4.69) is 37.9 Å². The molecular formula is C84H100N2O21S. The van der Waals surface area contributed by atoms with Gasteiger partial charge in [0.1, 0.15) is 36.1 Å². The number of rotatable bonds is 24. The third-order valence-corrected chi connectivity index (χ3v) is 26.2. The predicted molar refractivity (Wildman–Crippen MR) is 394 cm³/mol. The Bertz CT molecular complexity index is 4130. The lowest BCUT2D eigenvalue weighted by atomic mass is 9.44. The van der Waals surface area contributed by atoms with Gasteiger partial charge < -0.3 is 58.9 Å². The van der Waals surface area contributed by atoms with Crippen molar-refractivity contribution in [1.82, 2.24) is 10.2 Å². The summed E-state index contributed by atoms with van der Waals surface area (Å²) in [5.41, 5.74) is -5.38. The Balaban J connectivity index is 0.750. The highest BCUT2D eigenvalue weighted by Gasteiger charge is 2.79. The van der Waals surface area contributed by atoms with Crippen LogP contribution in [0.1, 0.15) is 178 Å². The number of carbonyl (C=O) groups excluding carboxylic acids is 10. The van der Waals surface area contributed by atoms with Gasteiger partial charge in [0.2, 0.25) is 11.8 Å². The van der Waals surface area contributed by atoms with Gasteiger partial charge in [-0.3, -0.25) is 43.3 Å². The molecule has 0 aromatic heterocycles. The van der Waals surface area contributed by atoms with Crippen molar-refractivity contribution in [3.05, 3.63) is 166 Å². The smallest absolute Gasteiger partial charge is 0.338 e. The van der Waals surface area contributed by atoms with Crippen LogP contribution in [0.5, 0.6) is 0 Å². The molecule has 0 spiro atoms. The first-order valence-electron chi connectivity index (χ1n) is 37.8. The molecule has 578 valence electrons. The van der Waals surface area contributed by atoms with Crippen molar-refractivity contribution in [2.75, 3.05) is 18.9 Å². The van der Waals surface area contributed by atoms with E-state index in [9.17, 15) is 63.6 Å². The number of likely N-dealkylation sites (tertiary alicyclic amines) is 1. The van der Waals surface area contributed by atoms with Crippen molar-refractivity contribution in [1.29, 1.82) is 0 Å². The standard InChI is InChI=1S/C84H100N2O21S/c1-46(29-36-60(89)52-31-32-52)58-34-35-59-51(27-19-37-81(58,59)8)30-33-56-39-57(40-61(90)47(56)2)103-68(93)44-108-63-41-66(91)86(77(63)97)38-20-28-67(92)105-64-42-65-83(45-101-65,107-50(5)88)73-75(106-78(98)55-25-17-12-18-26-55)84(100)43-62(48(3)69(80(84,6)7)72(102-49(4)87)74(95)82(64,73)9)104-79(99)71(94)70(53-21-13-10-14-22-53)85-76(96)54-23-15-11-16-24-54/h10-18,21-26,29-30,33,36,46,52,57-65,70-73,75,89-90,94,100H,2,19-20,27-28,31-32,34-35,37-45H2,1,3-9H3,(H,85,96)/b36-29+,51-30+,56-33-/t46-,57+,58?,59?,60?,61-,62?,63?,64?,65?,70?,71?,72?,73-,75?,81+,82?,83?,84?/m0/s1. The second-order valence-corrected chi connectivity index (χ2v) is 33.2. The van der Waals surface area contributed by atoms with E-state index >= 15 is 4.79 Å². The normalized spacial score (nSPS) is 33.3. The van der Waals surface area contributed by atoms with Gasteiger partial charge in [-0.2, -0.15) is 0 Å². The summed E-state index contributed by atoms with van der Waals surface area (Å²) in [4.78, 5) is 144. The lowest BCUT2D eigenvalue weighted by Gasteiger charge is -2.67. The highest BCUT2D eigenvalue weighted by atomic mass is 32.2. The van der Waals surface area contributed by atoms with Gasteiger partial charge in [0.05, 0.1) is 52.8 Å². The fraction of sp³-hybridized carbons (Fsp3) is 0.548. The zero-order chi connectivity index (χ0) is 77.5. The molecule has 3 amide bonds. The molecule has 6 saturated carbocycles. The van der Waals surface area contributed by atoms with Crippen molar-refractivity contribution in [2.24, 2.45) is 45.8 Å².